The van der Waals surface area contributed by atoms with Crippen LogP contribution in [-0.4, -0.2) is 55.7 Å². The summed E-state index contributed by atoms with van der Waals surface area (Å²) in [5.41, 5.74) is 1.18. The summed E-state index contributed by atoms with van der Waals surface area (Å²) in [7, 11) is 0. The van der Waals surface area contributed by atoms with Gasteiger partial charge in [-0.25, -0.2) is 4.79 Å². The van der Waals surface area contributed by atoms with Crippen molar-refractivity contribution in [1.82, 2.24) is 4.90 Å². The van der Waals surface area contributed by atoms with Crippen LogP contribution < -0.4 is 4.74 Å². The van der Waals surface area contributed by atoms with Gasteiger partial charge in [0.25, 0.3) is 5.91 Å². The summed E-state index contributed by atoms with van der Waals surface area (Å²) >= 11 is 0. The molecule has 0 unspecified atom stereocenters. The number of carbonyl (C=O) groups is 3. The van der Waals surface area contributed by atoms with Crippen LogP contribution in [0.3, 0.4) is 0 Å². The van der Waals surface area contributed by atoms with Crippen LogP contribution in [0.15, 0.2) is 24.3 Å². The van der Waals surface area contributed by atoms with Gasteiger partial charge >= 0.3 is 11.9 Å². The lowest BCUT2D eigenvalue weighted by Crippen LogP contribution is -2.42. The maximum Gasteiger partial charge on any atom is 0.344 e. The fraction of sp³-hybridized carbons (Fsp3) is 0.550. The Morgan fingerprint density at radius 2 is 1.67 bits per heavy atom. The van der Waals surface area contributed by atoms with E-state index in [9.17, 15) is 14.4 Å². The lowest BCUT2D eigenvalue weighted by molar-refractivity contribution is -0.155. The van der Waals surface area contributed by atoms with Crippen LogP contribution >= 0.6 is 0 Å². The van der Waals surface area contributed by atoms with Crippen LogP contribution in [0.1, 0.15) is 32.3 Å². The summed E-state index contributed by atoms with van der Waals surface area (Å²) in [4.78, 5) is 37.2. The predicted octanol–water partition coefficient (Wildman–Crippen LogP) is 1.97. The van der Waals surface area contributed by atoms with E-state index in [0.29, 0.717) is 38.3 Å². The SMILES string of the molecule is CCOC(=O)C1CCN(C(=O)COC(=O)COc2ccc(CC)cc2)CC1. The molecule has 0 N–H and O–H groups in total. The predicted molar refractivity (Wildman–Crippen MR) is 98.2 cm³/mol. The smallest absolute Gasteiger partial charge is 0.344 e. The van der Waals surface area contributed by atoms with Gasteiger partial charge in [-0.3, -0.25) is 9.59 Å². The summed E-state index contributed by atoms with van der Waals surface area (Å²) in [6.45, 7) is 4.54. The molecule has 1 fully saturated rings. The van der Waals surface area contributed by atoms with Crippen molar-refractivity contribution in [3.05, 3.63) is 29.8 Å². The number of rotatable bonds is 8. The standard InChI is InChI=1S/C20H27NO6/c1-3-15-5-7-17(8-6-15)26-14-19(23)27-13-18(22)21-11-9-16(10-12-21)20(24)25-4-2/h5-8,16H,3-4,9-14H2,1-2H3. The molecule has 0 aliphatic carbocycles. The number of amides is 1. The molecule has 0 aromatic heterocycles. The molecule has 1 aromatic rings. The molecule has 148 valence electrons. The van der Waals surface area contributed by atoms with Gasteiger partial charge in [-0.1, -0.05) is 19.1 Å². The molecule has 0 atom stereocenters. The Bertz CT molecular complexity index is 634. The third kappa shape index (κ3) is 6.58. The van der Waals surface area contributed by atoms with Crippen molar-refractivity contribution < 1.29 is 28.6 Å². The number of ether oxygens (including phenoxy) is 3. The monoisotopic (exact) mass is 377 g/mol. The number of piperidine rings is 1. The van der Waals surface area contributed by atoms with E-state index in [-0.39, 0.29) is 31.0 Å². The van der Waals surface area contributed by atoms with Gasteiger partial charge in [-0.05, 0) is 43.9 Å². The number of benzene rings is 1. The number of nitrogens with zero attached hydrogens (tertiary/aromatic N) is 1. The highest BCUT2D eigenvalue weighted by molar-refractivity contribution is 5.81. The molecule has 1 aliphatic rings. The molecule has 0 radical (unpaired) electrons. The van der Waals surface area contributed by atoms with E-state index < -0.39 is 5.97 Å². The van der Waals surface area contributed by atoms with Crippen LogP contribution in [0, 0.1) is 5.92 Å². The second-order valence-electron chi connectivity index (χ2n) is 6.35. The van der Waals surface area contributed by atoms with Gasteiger partial charge in [0, 0.05) is 13.1 Å². The zero-order valence-corrected chi connectivity index (χ0v) is 15.9. The highest BCUT2D eigenvalue weighted by Crippen LogP contribution is 2.19. The third-order valence-corrected chi connectivity index (χ3v) is 4.51. The summed E-state index contributed by atoms with van der Waals surface area (Å²) in [5.74, 6) is -0.650. The van der Waals surface area contributed by atoms with Gasteiger partial charge in [0.05, 0.1) is 12.5 Å². The van der Waals surface area contributed by atoms with E-state index in [2.05, 4.69) is 6.92 Å². The van der Waals surface area contributed by atoms with Gasteiger partial charge in [0.15, 0.2) is 13.2 Å². The molecule has 7 nitrogen and oxygen atoms in total. The lowest BCUT2D eigenvalue weighted by Gasteiger charge is -2.30. The van der Waals surface area contributed by atoms with E-state index in [1.165, 1.54) is 5.56 Å². The second kappa shape index (κ2) is 10.5. The summed E-state index contributed by atoms with van der Waals surface area (Å²) in [6.07, 6.45) is 2.06. The first-order valence-corrected chi connectivity index (χ1v) is 9.35. The minimum Gasteiger partial charge on any atom is -0.482 e. The molecule has 2 rings (SSSR count). The second-order valence-corrected chi connectivity index (χ2v) is 6.35. The Morgan fingerprint density at radius 1 is 1.00 bits per heavy atom. The molecule has 1 aromatic carbocycles. The zero-order chi connectivity index (χ0) is 19.6. The van der Waals surface area contributed by atoms with E-state index in [1.54, 1.807) is 24.0 Å². The topological polar surface area (TPSA) is 82.1 Å². The number of hydrogen-bond acceptors (Lipinski definition) is 6. The van der Waals surface area contributed by atoms with Gasteiger partial charge in [-0.2, -0.15) is 0 Å². The lowest BCUT2D eigenvalue weighted by atomic mass is 9.97. The first-order valence-electron chi connectivity index (χ1n) is 9.35. The van der Waals surface area contributed by atoms with Gasteiger partial charge < -0.3 is 19.1 Å². The fourth-order valence-corrected chi connectivity index (χ4v) is 2.86. The maximum atomic E-state index is 12.1. The van der Waals surface area contributed by atoms with E-state index in [0.717, 1.165) is 6.42 Å². The fourth-order valence-electron chi connectivity index (χ4n) is 2.86. The van der Waals surface area contributed by atoms with E-state index in [1.807, 2.05) is 12.1 Å². The number of likely N-dealkylation sites (tertiary alicyclic amines) is 1. The molecule has 1 saturated heterocycles. The van der Waals surface area contributed by atoms with Crippen molar-refractivity contribution in [2.24, 2.45) is 5.92 Å². The molecule has 0 bridgehead atoms. The van der Waals surface area contributed by atoms with Crippen molar-refractivity contribution in [1.29, 1.82) is 0 Å². The first-order chi connectivity index (χ1) is 13.0. The number of esters is 2. The van der Waals surface area contributed by atoms with Gasteiger partial charge in [-0.15, -0.1) is 0 Å². The zero-order valence-electron chi connectivity index (χ0n) is 15.9. The van der Waals surface area contributed by atoms with E-state index in [4.69, 9.17) is 14.2 Å². The third-order valence-electron chi connectivity index (χ3n) is 4.51. The summed E-state index contributed by atoms with van der Waals surface area (Å²) in [5, 5.41) is 0. The van der Waals surface area contributed by atoms with Crippen LogP contribution in [-0.2, 0) is 30.3 Å². The molecule has 7 heteroatoms. The van der Waals surface area contributed by atoms with Crippen LogP contribution in [0.5, 0.6) is 5.75 Å². The Morgan fingerprint density at radius 3 is 2.26 bits per heavy atom. The average Bonchev–Trinajstić information content (AvgIpc) is 2.71. The molecule has 0 spiro atoms. The van der Waals surface area contributed by atoms with Crippen LogP contribution in [0.25, 0.3) is 0 Å². The number of carbonyl (C=O) groups excluding carboxylic acids is 3. The molecular weight excluding hydrogens is 350 g/mol. The van der Waals surface area contributed by atoms with Gasteiger partial charge in [0.1, 0.15) is 5.75 Å². The van der Waals surface area contributed by atoms with E-state index >= 15 is 0 Å². The highest BCUT2D eigenvalue weighted by atomic mass is 16.6. The quantitative estimate of drug-likeness (QED) is 0.644. The Balaban J connectivity index is 1.66. The summed E-state index contributed by atoms with van der Waals surface area (Å²) in [6, 6.07) is 7.46. The average molecular weight is 377 g/mol. The minimum absolute atomic E-state index is 0.163. The maximum absolute atomic E-state index is 12.1. The normalized spacial score (nSPS) is 14.5. The molecule has 1 heterocycles. The molecule has 0 saturated carbocycles. The first kappa shape index (κ1) is 20.7. The van der Waals surface area contributed by atoms with Crippen molar-refractivity contribution in [2.75, 3.05) is 32.9 Å². The molecule has 1 aliphatic heterocycles. The van der Waals surface area contributed by atoms with Crippen molar-refractivity contribution >= 4 is 17.8 Å². The number of hydrogen-bond donors (Lipinski definition) is 0. The molecule has 27 heavy (non-hydrogen) atoms. The minimum atomic E-state index is -0.593. The largest absolute Gasteiger partial charge is 0.482 e. The molecule has 1 amide bonds. The van der Waals surface area contributed by atoms with Crippen LogP contribution in [0.4, 0.5) is 0 Å². The Hall–Kier alpha value is -2.57. The number of aryl methyl sites for hydroxylation is 1. The van der Waals surface area contributed by atoms with Crippen molar-refractivity contribution in [2.45, 2.75) is 33.1 Å². The van der Waals surface area contributed by atoms with Crippen molar-refractivity contribution in [3.63, 3.8) is 0 Å². The Kier molecular flexibility index (Phi) is 8.10. The van der Waals surface area contributed by atoms with Crippen LogP contribution in [0.2, 0.25) is 0 Å². The Labute approximate surface area is 159 Å². The molecular formula is C20H27NO6. The summed E-state index contributed by atoms with van der Waals surface area (Å²) < 4.78 is 15.4. The van der Waals surface area contributed by atoms with Crippen molar-refractivity contribution in [3.8, 4) is 5.75 Å². The van der Waals surface area contributed by atoms with Gasteiger partial charge in [0.2, 0.25) is 0 Å². The highest BCUT2D eigenvalue weighted by Gasteiger charge is 2.28.